The van der Waals surface area contributed by atoms with Gasteiger partial charge in [0.05, 0.1) is 5.56 Å². The fourth-order valence-corrected chi connectivity index (χ4v) is 2.98. The van der Waals surface area contributed by atoms with Gasteiger partial charge in [-0.15, -0.1) is 0 Å². The van der Waals surface area contributed by atoms with E-state index in [4.69, 9.17) is 9.16 Å². The number of ether oxygens (including phenoxy) is 1. The Morgan fingerprint density at radius 3 is 2.32 bits per heavy atom. The molecule has 0 heterocycles. The summed E-state index contributed by atoms with van der Waals surface area (Å²) in [6, 6.07) is 14.1. The van der Waals surface area contributed by atoms with Crippen molar-refractivity contribution in [3.8, 4) is 11.5 Å². The standard InChI is InChI=1S/C20H26O4Si/c1-20(2,3)25(4,5)24-18-13-16(11-12-17(18)21)19(22)23-14-15-9-7-6-8-10-15/h6-13,21H,14H2,1-5H3. The molecule has 0 saturated heterocycles. The number of esters is 1. The summed E-state index contributed by atoms with van der Waals surface area (Å²) in [4.78, 5) is 12.3. The summed E-state index contributed by atoms with van der Waals surface area (Å²) >= 11 is 0. The smallest absolute Gasteiger partial charge is 0.338 e. The molecule has 0 atom stereocenters. The van der Waals surface area contributed by atoms with E-state index in [0.29, 0.717) is 11.3 Å². The van der Waals surface area contributed by atoms with Crippen LogP contribution in [0.2, 0.25) is 18.1 Å². The van der Waals surface area contributed by atoms with Crippen LogP contribution in [0.25, 0.3) is 0 Å². The molecule has 0 saturated carbocycles. The van der Waals surface area contributed by atoms with Crippen LogP contribution < -0.4 is 4.43 Å². The number of carbonyl (C=O) groups is 1. The zero-order chi connectivity index (χ0) is 18.7. The second-order valence-electron chi connectivity index (χ2n) is 7.61. The molecular formula is C20H26O4Si. The Kier molecular flexibility index (Phi) is 5.57. The molecule has 134 valence electrons. The van der Waals surface area contributed by atoms with Crippen LogP contribution in [-0.4, -0.2) is 19.4 Å². The lowest BCUT2D eigenvalue weighted by Crippen LogP contribution is -2.43. The second kappa shape index (κ2) is 7.31. The van der Waals surface area contributed by atoms with Crippen molar-refractivity contribution in [3.63, 3.8) is 0 Å². The van der Waals surface area contributed by atoms with Crippen molar-refractivity contribution in [1.82, 2.24) is 0 Å². The molecule has 2 aromatic rings. The molecule has 5 heteroatoms. The summed E-state index contributed by atoms with van der Waals surface area (Å²) in [5.74, 6) is -0.0749. The van der Waals surface area contributed by atoms with Crippen molar-refractivity contribution in [2.24, 2.45) is 0 Å². The SMILES string of the molecule is CC(C)(C)[Si](C)(C)Oc1cc(C(=O)OCc2ccccc2)ccc1O. The maximum absolute atomic E-state index is 12.3. The molecule has 0 radical (unpaired) electrons. The van der Waals surface area contributed by atoms with Gasteiger partial charge >= 0.3 is 5.97 Å². The first-order valence-corrected chi connectivity index (χ1v) is 11.2. The minimum atomic E-state index is -2.12. The lowest BCUT2D eigenvalue weighted by Gasteiger charge is -2.36. The number of hydrogen-bond acceptors (Lipinski definition) is 4. The van der Waals surface area contributed by atoms with Gasteiger partial charge in [0.2, 0.25) is 0 Å². The molecule has 25 heavy (non-hydrogen) atoms. The molecule has 0 spiro atoms. The third-order valence-corrected chi connectivity index (χ3v) is 8.92. The van der Waals surface area contributed by atoms with Crippen molar-refractivity contribution in [1.29, 1.82) is 0 Å². The number of phenolic OH excluding ortho intramolecular Hbond substituents is 1. The van der Waals surface area contributed by atoms with Crippen LogP contribution in [0.3, 0.4) is 0 Å². The van der Waals surface area contributed by atoms with Crippen LogP contribution in [-0.2, 0) is 11.3 Å². The zero-order valence-electron chi connectivity index (χ0n) is 15.5. The average molecular weight is 359 g/mol. The Labute approximate surface area is 150 Å². The molecule has 0 fully saturated rings. The number of rotatable bonds is 5. The Morgan fingerprint density at radius 2 is 1.72 bits per heavy atom. The van der Waals surface area contributed by atoms with Gasteiger partial charge in [0.25, 0.3) is 8.32 Å². The van der Waals surface area contributed by atoms with E-state index in [2.05, 4.69) is 33.9 Å². The first kappa shape index (κ1) is 19.1. The van der Waals surface area contributed by atoms with E-state index < -0.39 is 14.3 Å². The summed E-state index contributed by atoms with van der Waals surface area (Å²) in [5.41, 5.74) is 1.29. The average Bonchev–Trinajstić information content (AvgIpc) is 2.54. The first-order chi connectivity index (χ1) is 11.6. The van der Waals surface area contributed by atoms with Crippen LogP contribution in [0, 0.1) is 0 Å². The van der Waals surface area contributed by atoms with Gasteiger partial charge in [0.15, 0.2) is 5.75 Å². The van der Waals surface area contributed by atoms with E-state index in [-0.39, 0.29) is 17.4 Å². The highest BCUT2D eigenvalue weighted by Crippen LogP contribution is 2.40. The topological polar surface area (TPSA) is 55.8 Å². The van der Waals surface area contributed by atoms with Crippen LogP contribution in [0.15, 0.2) is 48.5 Å². The fourth-order valence-electron chi connectivity index (χ4n) is 1.96. The summed E-state index contributed by atoms with van der Waals surface area (Å²) in [6.07, 6.45) is 0. The predicted octanol–water partition coefficient (Wildman–Crippen LogP) is 5.13. The Balaban J connectivity index is 2.13. The van der Waals surface area contributed by atoms with Gasteiger partial charge < -0.3 is 14.3 Å². The molecule has 0 aliphatic heterocycles. The van der Waals surface area contributed by atoms with Crippen LogP contribution in [0.4, 0.5) is 0 Å². The third kappa shape index (κ3) is 4.86. The quantitative estimate of drug-likeness (QED) is 0.594. The van der Waals surface area contributed by atoms with E-state index in [0.717, 1.165) is 5.56 Å². The van der Waals surface area contributed by atoms with Crippen LogP contribution in [0.1, 0.15) is 36.7 Å². The van der Waals surface area contributed by atoms with E-state index in [9.17, 15) is 9.90 Å². The largest absolute Gasteiger partial charge is 0.541 e. The molecule has 0 amide bonds. The number of benzene rings is 2. The number of phenols is 1. The van der Waals surface area contributed by atoms with Gasteiger partial charge in [-0.3, -0.25) is 0 Å². The van der Waals surface area contributed by atoms with Crippen molar-refractivity contribution >= 4 is 14.3 Å². The van der Waals surface area contributed by atoms with Crippen molar-refractivity contribution in [3.05, 3.63) is 59.7 Å². The second-order valence-corrected chi connectivity index (χ2v) is 12.3. The molecule has 0 aromatic heterocycles. The highest BCUT2D eigenvalue weighted by molar-refractivity contribution is 6.74. The fraction of sp³-hybridized carbons (Fsp3) is 0.350. The third-order valence-electron chi connectivity index (χ3n) is 4.58. The molecule has 2 rings (SSSR count). The van der Waals surface area contributed by atoms with Crippen molar-refractivity contribution in [2.45, 2.75) is 45.5 Å². The zero-order valence-corrected chi connectivity index (χ0v) is 16.5. The summed E-state index contributed by atoms with van der Waals surface area (Å²) < 4.78 is 11.5. The Morgan fingerprint density at radius 1 is 1.08 bits per heavy atom. The lowest BCUT2D eigenvalue weighted by atomic mass is 10.2. The minimum Gasteiger partial charge on any atom is -0.541 e. The maximum atomic E-state index is 12.3. The maximum Gasteiger partial charge on any atom is 0.338 e. The minimum absolute atomic E-state index is 0.0107. The van der Waals surface area contributed by atoms with Gasteiger partial charge in [-0.1, -0.05) is 51.1 Å². The molecule has 0 unspecified atom stereocenters. The normalized spacial score (nSPS) is 11.9. The van der Waals surface area contributed by atoms with Crippen LogP contribution >= 0.6 is 0 Å². The highest BCUT2D eigenvalue weighted by Gasteiger charge is 2.39. The van der Waals surface area contributed by atoms with Crippen molar-refractivity contribution in [2.75, 3.05) is 0 Å². The molecular weight excluding hydrogens is 332 g/mol. The monoisotopic (exact) mass is 358 g/mol. The van der Waals surface area contributed by atoms with Gasteiger partial charge in [0.1, 0.15) is 12.4 Å². The molecule has 0 aliphatic carbocycles. The summed E-state index contributed by atoms with van der Waals surface area (Å²) in [5, 5.41) is 10.1. The van der Waals surface area contributed by atoms with E-state index in [1.165, 1.54) is 6.07 Å². The summed E-state index contributed by atoms with van der Waals surface area (Å²) in [6.45, 7) is 10.7. The molecule has 4 nitrogen and oxygen atoms in total. The van der Waals surface area contributed by atoms with Gasteiger partial charge in [-0.25, -0.2) is 4.79 Å². The van der Waals surface area contributed by atoms with E-state index in [1.807, 2.05) is 30.3 Å². The van der Waals surface area contributed by atoms with E-state index >= 15 is 0 Å². The number of carbonyl (C=O) groups excluding carboxylic acids is 1. The highest BCUT2D eigenvalue weighted by atomic mass is 28.4. The Hall–Kier alpha value is -2.27. The lowest BCUT2D eigenvalue weighted by molar-refractivity contribution is 0.0472. The van der Waals surface area contributed by atoms with Crippen molar-refractivity contribution < 1.29 is 19.1 Å². The molecule has 1 N–H and O–H groups in total. The van der Waals surface area contributed by atoms with Gasteiger partial charge in [0, 0.05) is 0 Å². The van der Waals surface area contributed by atoms with Gasteiger partial charge in [-0.05, 0) is 41.9 Å². The summed E-state index contributed by atoms with van der Waals surface area (Å²) in [7, 11) is -2.12. The Bertz CT molecular complexity index is 733. The van der Waals surface area contributed by atoms with Crippen LogP contribution in [0.5, 0.6) is 11.5 Å². The molecule has 0 bridgehead atoms. The molecule has 2 aromatic carbocycles. The van der Waals surface area contributed by atoms with E-state index in [1.54, 1.807) is 12.1 Å². The van der Waals surface area contributed by atoms with Gasteiger partial charge in [-0.2, -0.15) is 0 Å². The predicted molar refractivity (Wildman–Crippen MR) is 101 cm³/mol. The number of aromatic hydroxyl groups is 1. The first-order valence-electron chi connectivity index (χ1n) is 8.33. The number of hydrogen-bond donors (Lipinski definition) is 1. The molecule has 0 aliphatic rings.